The lowest BCUT2D eigenvalue weighted by Gasteiger charge is -2.44. The van der Waals surface area contributed by atoms with Crippen LogP contribution in [0.25, 0.3) is 0 Å². The molecule has 0 unspecified atom stereocenters. The van der Waals surface area contributed by atoms with Crippen molar-refractivity contribution in [3.05, 3.63) is 15.8 Å². The Bertz CT molecular complexity index is 864. The topological polar surface area (TPSA) is 77.8 Å². The second-order valence-electron chi connectivity index (χ2n) is 10.2. The third kappa shape index (κ3) is 5.90. The standard InChI is InChI=1S/C25H35NO4S/c1-16(27)14-18-10-11-20(17-8-6-5-7-9-17)26(23(18)28)21-15-19(12-13-25(2,3)4)31-22(21)24(29)30/h15-18,20,27H,5-11,14H2,1-4H3,(H,29,30)/t16-,18-,20+/m1/s1. The van der Waals surface area contributed by atoms with Gasteiger partial charge in [-0.25, -0.2) is 4.79 Å². The first-order chi connectivity index (χ1) is 14.6. The lowest BCUT2D eigenvalue weighted by Crippen LogP contribution is -2.52. The van der Waals surface area contributed by atoms with Crippen LogP contribution in [0.4, 0.5) is 5.69 Å². The molecule has 2 aliphatic rings. The van der Waals surface area contributed by atoms with Gasteiger partial charge in [0.15, 0.2) is 0 Å². The maximum absolute atomic E-state index is 13.6. The van der Waals surface area contributed by atoms with Gasteiger partial charge in [0.1, 0.15) is 4.88 Å². The first-order valence-corrected chi connectivity index (χ1v) is 12.3. The van der Waals surface area contributed by atoms with E-state index >= 15 is 0 Å². The van der Waals surface area contributed by atoms with Crippen LogP contribution >= 0.6 is 11.3 Å². The molecule has 1 saturated carbocycles. The predicted octanol–water partition coefficient (Wildman–Crippen LogP) is 5.31. The Morgan fingerprint density at radius 3 is 2.48 bits per heavy atom. The Kier molecular flexibility index (Phi) is 7.49. The third-order valence-electron chi connectivity index (χ3n) is 6.28. The zero-order chi connectivity index (χ0) is 22.8. The molecule has 5 nitrogen and oxygen atoms in total. The highest BCUT2D eigenvalue weighted by molar-refractivity contribution is 7.15. The second-order valence-corrected chi connectivity index (χ2v) is 11.2. The Labute approximate surface area is 189 Å². The van der Waals surface area contributed by atoms with Crippen molar-refractivity contribution >= 4 is 28.9 Å². The molecule has 170 valence electrons. The van der Waals surface area contributed by atoms with Gasteiger partial charge in [-0.2, -0.15) is 0 Å². The largest absolute Gasteiger partial charge is 0.477 e. The molecule has 0 aromatic carbocycles. The lowest BCUT2D eigenvalue weighted by atomic mass is 9.77. The number of anilines is 1. The summed E-state index contributed by atoms with van der Waals surface area (Å²) in [6.45, 7) is 7.75. The molecular formula is C25H35NO4S. The van der Waals surface area contributed by atoms with Crippen LogP contribution in [0.5, 0.6) is 0 Å². The molecular weight excluding hydrogens is 410 g/mol. The number of piperidine rings is 1. The van der Waals surface area contributed by atoms with Crippen molar-refractivity contribution in [1.82, 2.24) is 0 Å². The van der Waals surface area contributed by atoms with E-state index in [1.165, 1.54) is 6.42 Å². The van der Waals surface area contributed by atoms with Crippen LogP contribution in [0, 0.1) is 29.1 Å². The van der Waals surface area contributed by atoms with Gasteiger partial charge in [0.05, 0.1) is 16.7 Å². The molecule has 1 saturated heterocycles. The van der Waals surface area contributed by atoms with E-state index in [9.17, 15) is 19.8 Å². The molecule has 6 heteroatoms. The van der Waals surface area contributed by atoms with Crippen LogP contribution in [0.15, 0.2) is 6.07 Å². The minimum atomic E-state index is -1.02. The highest BCUT2D eigenvalue weighted by Gasteiger charge is 2.42. The summed E-state index contributed by atoms with van der Waals surface area (Å²) < 4.78 is 0. The van der Waals surface area contributed by atoms with Crippen LogP contribution in [-0.4, -0.2) is 34.2 Å². The van der Waals surface area contributed by atoms with E-state index in [0.717, 1.165) is 49.9 Å². The molecule has 31 heavy (non-hydrogen) atoms. The normalized spacial score (nSPS) is 23.9. The molecule has 1 amide bonds. The summed E-state index contributed by atoms with van der Waals surface area (Å²) in [6.07, 6.45) is 7.18. The molecule has 1 aromatic heterocycles. The number of amides is 1. The number of carbonyl (C=O) groups is 2. The summed E-state index contributed by atoms with van der Waals surface area (Å²) in [5, 5.41) is 19.8. The van der Waals surface area contributed by atoms with E-state index in [2.05, 4.69) is 11.8 Å². The molecule has 2 heterocycles. The number of carboxylic acid groups (broad SMARTS) is 1. The van der Waals surface area contributed by atoms with Gasteiger partial charge in [-0.3, -0.25) is 4.79 Å². The highest BCUT2D eigenvalue weighted by Crippen LogP contribution is 2.42. The van der Waals surface area contributed by atoms with Crippen molar-refractivity contribution < 1.29 is 19.8 Å². The molecule has 0 radical (unpaired) electrons. The van der Waals surface area contributed by atoms with Crippen LogP contribution < -0.4 is 4.90 Å². The summed E-state index contributed by atoms with van der Waals surface area (Å²) in [5.41, 5.74) is 0.299. The Morgan fingerprint density at radius 1 is 1.23 bits per heavy atom. The van der Waals surface area contributed by atoms with E-state index in [0.29, 0.717) is 22.9 Å². The summed E-state index contributed by atoms with van der Waals surface area (Å²) in [6, 6.07) is 1.82. The zero-order valence-corrected chi connectivity index (χ0v) is 19.9. The number of hydrogen-bond acceptors (Lipinski definition) is 4. The van der Waals surface area contributed by atoms with Gasteiger partial charge in [0.25, 0.3) is 0 Å². The zero-order valence-electron chi connectivity index (χ0n) is 19.1. The minimum Gasteiger partial charge on any atom is -0.477 e. The number of aromatic carboxylic acids is 1. The van der Waals surface area contributed by atoms with E-state index in [4.69, 9.17) is 0 Å². The van der Waals surface area contributed by atoms with Crippen molar-refractivity contribution in [3.63, 3.8) is 0 Å². The Balaban J connectivity index is 2.03. The fourth-order valence-electron chi connectivity index (χ4n) is 4.90. The van der Waals surface area contributed by atoms with E-state index in [1.807, 2.05) is 20.8 Å². The highest BCUT2D eigenvalue weighted by atomic mass is 32.1. The smallest absolute Gasteiger partial charge is 0.348 e. The number of hydrogen-bond donors (Lipinski definition) is 2. The molecule has 3 rings (SSSR count). The molecule has 3 atom stereocenters. The molecule has 2 N–H and O–H groups in total. The van der Waals surface area contributed by atoms with Crippen molar-refractivity contribution in [3.8, 4) is 11.8 Å². The average Bonchev–Trinajstić information content (AvgIpc) is 3.12. The van der Waals surface area contributed by atoms with Gasteiger partial charge >= 0.3 is 5.97 Å². The van der Waals surface area contributed by atoms with Crippen molar-refractivity contribution in [1.29, 1.82) is 0 Å². The van der Waals surface area contributed by atoms with Crippen LogP contribution in [0.3, 0.4) is 0 Å². The quantitative estimate of drug-likeness (QED) is 0.602. The van der Waals surface area contributed by atoms with E-state index in [1.54, 1.807) is 17.9 Å². The molecule has 0 spiro atoms. The fourth-order valence-corrected chi connectivity index (χ4v) is 5.74. The van der Waals surface area contributed by atoms with Gasteiger partial charge in [-0.15, -0.1) is 11.3 Å². The number of carbonyl (C=O) groups excluding carboxylic acids is 1. The van der Waals surface area contributed by atoms with Crippen molar-refractivity contribution in [2.45, 2.75) is 91.2 Å². The van der Waals surface area contributed by atoms with Crippen LogP contribution in [0.1, 0.15) is 93.6 Å². The first-order valence-electron chi connectivity index (χ1n) is 11.5. The summed E-state index contributed by atoms with van der Waals surface area (Å²) >= 11 is 1.15. The van der Waals surface area contributed by atoms with E-state index in [-0.39, 0.29) is 28.2 Å². The molecule has 0 bridgehead atoms. The van der Waals surface area contributed by atoms with Crippen molar-refractivity contribution in [2.75, 3.05) is 4.90 Å². The summed E-state index contributed by atoms with van der Waals surface area (Å²) in [7, 11) is 0. The maximum atomic E-state index is 13.6. The summed E-state index contributed by atoms with van der Waals surface area (Å²) in [5.74, 6) is 5.36. The molecule has 1 aliphatic carbocycles. The second kappa shape index (κ2) is 9.75. The SMILES string of the molecule is C[C@@H](O)C[C@H]1CC[C@@H](C2CCCCC2)N(c2cc(C#CC(C)(C)C)sc2C(=O)O)C1=O. The maximum Gasteiger partial charge on any atom is 0.348 e. The number of carboxylic acids is 1. The van der Waals surface area contributed by atoms with Gasteiger partial charge in [-0.05, 0) is 71.8 Å². The van der Waals surface area contributed by atoms with Crippen LogP contribution in [0.2, 0.25) is 0 Å². The third-order valence-corrected chi connectivity index (χ3v) is 7.30. The van der Waals surface area contributed by atoms with Crippen molar-refractivity contribution in [2.24, 2.45) is 17.3 Å². The predicted molar refractivity (Wildman–Crippen MR) is 124 cm³/mol. The lowest BCUT2D eigenvalue weighted by molar-refractivity contribution is -0.126. The average molecular weight is 446 g/mol. The molecule has 1 aliphatic heterocycles. The number of rotatable bonds is 5. The first kappa shape index (κ1) is 23.8. The summed E-state index contributed by atoms with van der Waals surface area (Å²) in [4.78, 5) is 28.4. The van der Waals surface area contributed by atoms with Gasteiger partial charge in [-0.1, -0.05) is 31.1 Å². The minimum absolute atomic E-state index is 0.0224. The number of aliphatic hydroxyl groups is 1. The number of aliphatic hydroxyl groups excluding tert-OH is 1. The Hall–Kier alpha value is -1.84. The number of nitrogens with zero attached hydrogens (tertiary/aromatic N) is 1. The monoisotopic (exact) mass is 445 g/mol. The Morgan fingerprint density at radius 2 is 1.90 bits per heavy atom. The van der Waals surface area contributed by atoms with Gasteiger partial charge in [0.2, 0.25) is 5.91 Å². The fraction of sp³-hybridized carbons (Fsp3) is 0.680. The van der Waals surface area contributed by atoms with Crippen LogP contribution in [-0.2, 0) is 4.79 Å². The molecule has 1 aromatic rings. The molecule has 2 fully saturated rings. The van der Waals surface area contributed by atoms with Gasteiger partial charge < -0.3 is 15.1 Å². The van der Waals surface area contributed by atoms with E-state index < -0.39 is 12.1 Å². The number of thiophene rings is 1. The van der Waals surface area contributed by atoms with Gasteiger partial charge in [0, 0.05) is 17.4 Å².